The van der Waals surface area contributed by atoms with Crippen LogP contribution in [0.5, 0.6) is 0 Å². The third-order valence-electron chi connectivity index (χ3n) is 4.32. The van der Waals surface area contributed by atoms with Crippen LogP contribution >= 0.6 is 11.3 Å². The van der Waals surface area contributed by atoms with Crippen LogP contribution in [0, 0.1) is 17.0 Å². The molecular formula is C20H17N7O3S. The molecular weight excluding hydrogens is 418 g/mol. The molecule has 2 heterocycles. The molecule has 0 spiro atoms. The molecule has 10 nitrogen and oxygen atoms in total. The van der Waals surface area contributed by atoms with Gasteiger partial charge in [-0.05, 0) is 42.8 Å². The number of nitrogens with one attached hydrogen (secondary N) is 3. The summed E-state index contributed by atoms with van der Waals surface area (Å²) in [5, 5.41) is 20.9. The number of aromatic nitrogens is 3. The number of anilines is 5. The van der Waals surface area contributed by atoms with Crippen molar-refractivity contribution in [3.05, 3.63) is 64.5 Å². The molecule has 156 valence electrons. The van der Waals surface area contributed by atoms with Gasteiger partial charge in [-0.25, -0.2) is 15.0 Å². The Morgan fingerprint density at radius 2 is 1.71 bits per heavy atom. The van der Waals surface area contributed by atoms with Gasteiger partial charge in [0.05, 0.1) is 15.1 Å². The molecule has 4 rings (SSSR count). The first-order valence-corrected chi connectivity index (χ1v) is 9.99. The Bertz CT molecular complexity index is 1290. The van der Waals surface area contributed by atoms with E-state index < -0.39 is 4.92 Å². The number of rotatable bonds is 6. The third-order valence-corrected chi connectivity index (χ3v) is 5.25. The topological polar surface area (TPSA) is 135 Å². The molecule has 0 aliphatic heterocycles. The average molecular weight is 435 g/mol. The van der Waals surface area contributed by atoms with Crippen molar-refractivity contribution in [3.63, 3.8) is 0 Å². The second kappa shape index (κ2) is 8.32. The van der Waals surface area contributed by atoms with Crippen LogP contribution in [0.2, 0.25) is 0 Å². The zero-order valence-electron chi connectivity index (χ0n) is 16.5. The number of hydrogen-bond acceptors (Lipinski definition) is 9. The molecule has 0 aliphatic rings. The van der Waals surface area contributed by atoms with Crippen molar-refractivity contribution in [2.45, 2.75) is 13.8 Å². The lowest BCUT2D eigenvalue weighted by Crippen LogP contribution is -2.06. The highest BCUT2D eigenvalue weighted by molar-refractivity contribution is 7.22. The van der Waals surface area contributed by atoms with Gasteiger partial charge in [-0.3, -0.25) is 14.9 Å². The van der Waals surface area contributed by atoms with Crippen molar-refractivity contribution in [3.8, 4) is 0 Å². The summed E-state index contributed by atoms with van der Waals surface area (Å²) in [4.78, 5) is 35.0. The molecule has 3 N–H and O–H groups in total. The number of nitro groups is 1. The third kappa shape index (κ3) is 4.41. The molecule has 0 fully saturated rings. The molecule has 1 amide bonds. The maximum Gasteiger partial charge on any atom is 0.353 e. The minimum atomic E-state index is -0.547. The van der Waals surface area contributed by atoms with Gasteiger partial charge in [0.15, 0.2) is 5.13 Å². The zero-order chi connectivity index (χ0) is 22.0. The number of hydrogen-bond donors (Lipinski definition) is 3. The van der Waals surface area contributed by atoms with Gasteiger partial charge in [0, 0.05) is 18.3 Å². The number of para-hydroxylation sites is 1. The number of amides is 1. The summed E-state index contributed by atoms with van der Waals surface area (Å²) in [5.74, 6) is -0.117. The summed E-state index contributed by atoms with van der Waals surface area (Å²) in [6.45, 7) is 3.37. The highest BCUT2D eigenvalue weighted by Gasteiger charge is 2.24. The van der Waals surface area contributed by atoms with Crippen LogP contribution in [0.1, 0.15) is 12.5 Å². The normalized spacial score (nSPS) is 10.6. The highest BCUT2D eigenvalue weighted by atomic mass is 32.1. The summed E-state index contributed by atoms with van der Waals surface area (Å²) in [7, 11) is 0. The fraction of sp³-hybridized carbons (Fsp3) is 0.100. The first kappa shape index (κ1) is 20.2. The number of nitrogens with zero attached hydrogens (tertiary/aromatic N) is 4. The SMILES string of the molecule is CC(=O)Nc1ccc(Nc2ncnc(Nc3nc4c(C)cccc4s3)c2[N+](=O)[O-])cc1. The van der Waals surface area contributed by atoms with Gasteiger partial charge < -0.3 is 16.0 Å². The maximum absolute atomic E-state index is 11.8. The number of aryl methyl sites for hydroxylation is 1. The number of thiazole rings is 1. The number of carbonyl (C=O) groups is 1. The van der Waals surface area contributed by atoms with Crippen LogP contribution in [-0.4, -0.2) is 25.8 Å². The van der Waals surface area contributed by atoms with Crippen LogP contribution in [-0.2, 0) is 4.79 Å². The molecule has 0 unspecified atom stereocenters. The lowest BCUT2D eigenvalue weighted by Gasteiger charge is -2.09. The molecule has 0 aliphatic carbocycles. The van der Waals surface area contributed by atoms with E-state index in [4.69, 9.17) is 0 Å². The smallest absolute Gasteiger partial charge is 0.334 e. The number of fused-ring (bicyclic) bond motifs is 1. The Balaban J connectivity index is 1.64. The van der Waals surface area contributed by atoms with Crippen molar-refractivity contribution in [1.29, 1.82) is 0 Å². The molecule has 0 radical (unpaired) electrons. The van der Waals surface area contributed by atoms with Gasteiger partial charge in [-0.2, -0.15) is 0 Å². The molecule has 0 bridgehead atoms. The second-order valence-corrected chi connectivity index (χ2v) is 7.66. The lowest BCUT2D eigenvalue weighted by atomic mass is 10.2. The van der Waals surface area contributed by atoms with Crippen molar-refractivity contribution in [1.82, 2.24) is 15.0 Å². The van der Waals surface area contributed by atoms with Gasteiger partial charge >= 0.3 is 5.69 Å². The molecule has 0 saturated carbocycles. The van der Waals surface area contributed by atoms with E-state index in [0.29, 0.717) is 16.5 Å². The van der Waals surface area contributed by atoms with Crippen molar-refractivity contribution in [2.24, 2.45) is 0 Å². The molecule has 0 saturated heterocycles. The first-order chi connectivity index (χ1) is 14.9. The van der Waals surface area contributed by atoms with Gasteiger partial charge in [0.1, 0.15) is 6.33 Å². The van der Waals surface area contributed by atoms with Gasteiger partial charge in [-0.1, -0.05) is 23.5 Å². The Kier molecular flexibility index (Phi) is 5.41. The summed E-state index contributed by atoms with van der Waals surface area (Å²) in [6, 6.07) is 12.6. The minimum Gasteiger partial charge on any atom is -0.334 e. The summed E-state index contributed by atoms with van der Waals surface area (Å²) < 4.78 is 0.969. The van der Waals surface area contributed by atoms with E-state index in [0.717, 1.165) is 15.8 Å². The monoisotopic (exact) mass is 435 g/mol. The Labute approximate surface area is 180 Å². The van der Waals surface area contributed by atoms with E-state index in [1.165, 1.54) is 24.6 Å². The maximum atomic E-state index is 11.8. The van der Waals surface area contributed by atoms with E-state index in [1.807, 2.05) is 25.1 Å². The van der Waals surface area contributed by atoms with E-state index in [2.05, 4.69) is 30.9 Å². The minimum absolute atomic E-state index is 0.0343. The van der Waals surface area contributed by atoms with Crippen LogP contribution in [0.25, 0.3) is 10.2 Å². The summed E-state index contributed by atoms with van der Waals surface area (Å²) in [6.07, 6.45) is 1.24. The van der Waals surface area contributed by atoms with Crippen LogP contribution in [0.3, 0.4) is 0 Å². The molecule has 2 aromatic heterocycles. The fourth-order valence-electron chi connectivity index (χ4n) is 2.95. The molecule has 11 heteroatoms. The van der Waals surface area contributed by atoms with Gasteiger partial charge in [-0.15, -0.1) is 0 Å². The zero-order valence-corrected chi connectivity index (χ0v) is 17.4. The second-order valence-electron chi connectivity index (χ2n) is 6.63. The standard InChI is InChI=1S/C20H17N7O3S/c1-11-4-3-5-15-16(11)25-20(31-15)26-19-17(27(29)30)18(21-10-22-19)24-14-8-6-13(7-9-14)23-12(2)28/h3-10H,1-2H3,(H,23,28)(H2,21,22,24,25,26). The molecule has 2 aromatic carbocycles. The van der Waals surface area contributed by atoms with Crippen molar-refractivity contribution >= 4 is 61.3 Å². The quantitative estimate of drug-likeness (QED) is 0.292. The number of carbonyl (C=O) groups excluding carboxylic acids is 1. The summed E-state index contributed by atoms with van der Waals surface area (Å²) >= 11 is 1.38. The highest BCUT2D eigenvalue weighted by Crippen LogP contribution is 2.35. The fourth-order valence-corrected chi connectivity index (χ4v) is 3.90. The van der Waals surface area contributed by atoms with Crippen LogP contribution in [0.4, 0.5) is 33.8 Å². The van der Waals surface area contributed by atoms with Gasteiger partial charge in [0.25, 0.3) is 0 Å². The van der Waals surface area contributed by atoms with E-state index in [9.17, 15) is 14.9 Å². The van der Waals surface area contributed by atoms with Crippen molar-refractivity contribution in [2.75, 3.05) is 16.0 Å². The van der Waals surface area contributed by atoms with E-state index in [1.54, 1.807) is 24.3 Å². The molecule has 4 aromatic rings. The van der Waals surface area contributed by atoms with Gasteiger partial charge in [0.2, 0.25) is 17.5 Å². The Morgan fingerprint density at radius 1 is 1.03 bits per heavy atom. The van der Waals surface area contributed by atoms with Crippen LogP contribution < -0.4 is 16.0 Å². The average Bonchev–Trinajstić information content (AvgIpc) is 3.13. The van der Waals surface area contributed by atoms with Crippen LogP contribution in [0.15, 0.2) is 48.8 Å². The predicted octanol–water partition coefficient (Wildman–Crippen LogP) is 4.75. The summed E-state index contributed by atoms with van der Waals surface area (Å²) in [5.41, 5.74) is 2.74. The number of benzene rings is 2. The Morgan fingerprint density at radius 3 is 2.35 bits per heavy atom. The van der Waals surface area contributed by atoms with Crippen molar-refractivity contribution < 1.29 is 9.72 Å². The molecule has 31 heavy (non-hydrogen) atoms. The van der Waals surface area contributed by atoms with E-state index >= 15 is 0 Å². The lowest BCUT2D eigenvalue weighted by molar-refractivity contribution is -0.383. The predicted molar refractivity (Wildman–Crippen MR) is 120 cm³/mol. The Hall–Kier alpha value is -4.12. The van der Waals surface area contributed by atoms with E-state index in [-0.39, 0.29) is 23.2 Å². The first-order valence-electron chi connectivity index (χ1n) is 9.18. The molecule has 0 atom stereocenters. The largest absolute Gasteiger partial charge is 0.353 e.